The molecule has 1 aromatic carbocycles. The lowest BCUT2D eigenvalue weighted by molar-refractivity contribution is -0.144. The molecular weight excluding hydrogens is 446 g/mol. The molecule has 0 aliphatic rings. The van der Waals surface area contributed by atoms with Gasteiger partial charge in [-0.05, 0) is 84.4 Å². The summed E-state index contributed by atoms with van der Waals surface area (Å²) in [5, 5.41) is 15.5. The Kier molecular flexibility index (Phi) is 10.8. The summed E-state index contributed by atoms with van der Waals surface area (Å²) in [7, 11) is 0. The van der Waals surface area contributed by atoms with E-state index in [0.29, 0.717) is 12.0 Å². The molecule has 198 valence electrons. The van der Waals surface area contributed by atoms with Gasteiger partial charge in [0.05, 0.1) is 6.61 Å². The quantitative estimate of drug-likeness (QED) is 0.484. The molecule has 0 heterocycles. The number of nitrogens with zero attached hydrogens (tertiary/aromatic N) is 1. The van der Waals surface area contributed by atoms with Crippen LogP contribution in [-0.2, 0) is 14.3 Å². The Bertz CT molecular complexity index is 884. The summed E-state index contributed by atoms with van der Waals surface area (Å²) in [4.78, 5) is 41.3. The van der Waals surface area contributed by atoms with Crippen molar-refractivity contribution >= 4 is 17.9 Å². The molecule has 35 heavy (non-hydrogen) atoms. The van der Waals surface area contributed by atoms with Gasteiger partial charge in [-0.1, -0.05) is 32.0 Å². The maximum absolute atomic E-state index is 13.9. The Hall–Kier alpha value is -2.61. The number of benzene rings is 1. The molecule has 1 rings (SSSR count). The molecule has 8 nitrogen and oxygen atoms in total. The average Bonchev–Trinajstić information content (AvgIpc) is 2.66. The number of alkyl carbamates (subject to hydrolysis) is 1. The van der Waals surface area contributed by atoms with Crippen molar-refractivity contribution in [2.24, 2.45) is 5.92 Å². The summed E-state index contributed by atoms with van der Waals surface area (Å²) >= 11 is 0. The lowest BCUT2D eigenvalue weighted by Crippen LogP contribution is -2.55. The number of hydrogen-bond acceptors (Lipinski definition) is 5. The first-order valence-corrected chi connectivity index (χ1v) is 12.2. The Labute approximate surface area is 210 Å². The van der Waals surface area contributed by atoms with Crippen LogP contribution in [0.5, 0.6) is 0 Å². The van der Waals surface area contributed by atoms with Crippen LogP contribution in [0, 0.1) is 19.8 Å². The number of carbonyl (C=O) groups is 3. The summed E-state index contributed by atoms with van der Waals surface area (Å²) in [5.41, 5.74) is 1.42. The van der Waals surface area contributed by atoms with Crippen LogP contribution in [0.15, 0.2) is 18.2 Å². The smallest absolute Gasteiger partial charge is 0.408 e. The minimum atomic E-state index is -0.983. The number of nitrogens with one attached hydrogen (secondary N) is 2. The number of ether oxygens (including phenoxy) is 1. The van der Waals surface area contributed by atoms with Crippen molar-refractivity contribution in [1.29, 1.82) is 0 Å². The first-order chi connectivity index (χ1) is 15.9. The maximum atomic E-state index is 13.9. The third-order valence-electron chi connectivity index (χ3n) is 5.23. The zero-order chi connectivity index (χ0) is 27.1. The van der Waals surface area contributed by atoms with Gasteiger partial charge in [-0.25, -0.2) is 4.79 Å². The van der Waals surface area contributed by atoms with Crippen LogP contribution in [-0.4, -0.2) is 58.2 Å². The molecule has 0 aliphatic heterocycles. The Balaban J connectivity index is 3.50. The van der Waals surface area contributed by atoms with E-state index in [0.717, 1.165) is 11.1 Å². The van der Waals surface area contributed by atoms with E-state index in [-0.39, 0.29) is 25.0 Å². The van der Waals surface area contributed by atoms with E-state index < -0.39 is 35.2 Å². The Morgan fingerprint density at radius 2 is 1.63 bits per heavy atom. The molecule has 0 radical (unpaired) electrons. The molecule has 0 aromatic heterocycles. The first-order valence-electron chi connectivity index (χ1n) is 12.2. The molecule has 0 aliphatic carbocycles. The molecule has 0 bridgehead atoms. The highest BCUT2D eigenvalue weighted by atomic mass is 16.6. The molecule has 2 unspecified atom stereocenters. The molecular formula is C27H45N3O5. The number of carbonyl (C=O) groups excluding carboxylic acids is 3. The normalized spacial score (nSPS) is 13.7. The summed E-state index contributed by atoms with van der Waals surface area (Å²) in [5.74, 6) is -0.729. The fourth-order valence-corrected chi connectivity index (χ4v) is 3.66. The Morgan fingerprint density at radius 1 is 1.03 bits per heavy atom. The average molecular weight is 492 g/mol. The first kappa shape index (κ1) is 30.4. The zero-order valence-electron chi connectivity index (χ0n) is 23.1. The Morgan fingerprint density at radius 3 is 2.09 bits per heavy atom. The van der Waals surface area contributed by atoms with Crippen molar-refractivity contribution in [2.45, 2.75) is 98.9 Å². The maximum Gasteiger partial charge on any atom is 0.408 e. The van der Waals surface area contributed by atoms with Crippen LogP contribution in [0.3, 0.4) is 0 Å². The number of aliphatic hydroxyl groups excluding tert-OH is 1. The molecule has 0 saturated carbocycles. The van der Waals surface area contributed by atoms with Crippen molar-refractivity contribution in [1.82, 2.24) is 15.5 Å². The van der Waals surface area contributed by atoms with Gasteiger partial charge in [-0.2, -0.15) is 0 Å². The van der Waals surface area contributed by atoms with E-state index >= 15 is 0 Å². The van der Waals surface area contributed by atoms with Crippen LogP contribution in [0.4, 0.5) is 4.79 Å². The van der Waals surface area contributed by atoms with Crippen LogP contribution in [0.1, 0.15) is 84.5 Å². The highest BCUT2D eigenvalue weighted by Gasteiger charge is 2.37. The molecule has 0 spiro atoms. The van der Waals surface area contributed by atoms with Gasteiger partial charge in [0.15, 0.2) is 0 Å². The standard InChI is InChI=1S/C27H45N3O5/c1-17(2)15-21(28-25(34)35-27(8,9)10)24(33)30(13-14-31)22(23(32)29-26(5,6)7)20-12-11-18(3)19(4)16-20/h11-12,16-17,21-22,31H,13-15H2,1-10H3,(H,28,34)(H,29,32). The van der Waals surface area contributed by atoms with E-state index in [2.05, 4.69) is 10.6 Å². The number of amides is 3. The fraction of sp³-hybridized carbons (Fsp3) is 0.667. The molecule has 1 aromatic rings. The van der Waals surface area contributed by atoms with E-state index in [4.69, 9.17) is 4.74 Å². The van der Waals surface area contributed by atoms with Crippen LogP contribution in [0.25, 0.3) is 0 Å². The minimum Gasteiger partial charge on any atom is -0.444 e. The lowest BCUT2D eigenvalue weighted by atomic mass is 9.96. The van der Waals surface area contributed by atoms with Gasteiger partial charge in [-0.3, -0.25) is 9.59 Å². The summed E-state index contributed by atoms with van der Waals surface area (Å²) < 4.78 is 5.38. The van der Waals surface area contributed by atoms with Gasteiger partial charge in [-0.15, -0.1) is 0 Å². The van der Waals surface area contributed by atoms with Gasteiger partial charge in [0, 0.05) is 12.1 Å². The van der Waals surface area contributed by atoms with Gasteiger partial charge in [0.25, 0.3) is 0 Å². The molecule has 3 N–H and O–H groups in total. The topological polar surface area (TPSA) is 108 Å². The third-order valence-corrected chi connectivity index (χ3v) is 5.23. The predicted octanol–water partition coefficient (Wildman–Crippen LogP) is 4.02. The van der Waals surface area contributed by atoms with Crippen molar-refractivity contribution in [3.05, 3.63) is 34.9 Å². The summed E-state index contributed by atoms with van der Waals surface area (Å²) in [6.07, 6.45) is -0.358. The number of aliphatic hydroxyl groups is 1. The van der Waals surface area contributed by atoms with E-state index in [1.165, 1.54) is 4.90 Å². The highest BCUT2D eigenvalue weighted by molar-refractivity contribution is 5.92. The van der Waals surface area contributed by atoms with Crippen molar-refractivity contribution in [3.8, 4) is 0 Å². The van der Waals surface area contributed by atoms with Crippen molar-refractivity contribution < 1.29 is 24.2 Å². The number of aryl methyl sites for hydroxylation is 2. The van der Waals surface area contributed by atoms with E-state index in [1.54, 1.807) is 20.8 Å². The molecule has 0 fully saturated rings. The van der Waals surface area contributed by atoms with Gasteiger partial charge >= 0.3 is 6.09 Å². The van der Waals surface area contributed by atoms with Crippen molar-refractivity contribution in [2.75, 3.05) is 13.2 Å². The molecule has 3 amide bonds. The fourth-order valence-electron chi connectivity index (χ4n) is 3.66. The van der Waals surface area contributed by atoms with Crippen molar-refractivity contribution in [3.63, 3.8) is 0 Å². The highest BCUT2D eigenvalue weighted by Crippen LogP contribution is 2.26. The van der Waals surface area contributed by atoms with Gasteiger partial charge < -0.3 is 25.4 Å². The summed E-state index contributed by atoms with van der Waals surface area (Å²) in [6.45, 7) is 18.2. The second-order valence-electron chi connectivity index (χ2n) is 11.6. The van der Waals surface area contributed by atoms with Crippen LogP contribution in [0.2, 0.25) is 0 Å². The molecule has 8 heteroatoms. The minimum absolute atomic E-state index is 0.0709. The van der Waals surface area contributed by atoms with Gasteiger partial charge in [0.2, 0.25) is 11.8 Å². The van der Waals surface area contributed by atoms with E-state index in [1.807, 2.05) is 66.7 Å². The lowest BCUT2D eigenvalue weighted by Gasteiger charge is -2.36. The van der Waals surface area contributed by atoms with E-state index in [9.17, 15) is 19.5 Å². The van der Waals surface area contributed by atoms with Crippen LogP contribution >= 0.6 is 0 Å². The number of rotatable bonds is 9. The number of hydrogen-bond donors (Lipinski definition) is 3. The second-order valence-corrected chi connectivity index (χ2v) is 11.6. The largest absolute Gasteiger partial charge is 0.444 e. The third kappa shape index (κ3) is 10.3. The SMILES string of the molecule is Cc1ccc(C(C(=O)NC(C)(C)C)N(CCO)C(=O)C(CC(C)C)NC(=O)OC(C)(C)C)cc1C. The zero-order valence-corrected chi connectivity index (χ0v) is 23.1. The molecule has 2 atom stereocenters. The molecule has 0 saturated heterocycles. The monoisotopic (exact) mass is 491 g/mol. The second kappa shape index (κ2) is 12.4. The van der Waals surface area contributed by atoms with Gasteiger partial charge in [0.1, 0.15) is 17.7 Å². The predicted molar refractivity (Wildman–Crippen MR) is 138 cm³/mol. The van der Waals surface area contributed by atoms with Crippen LogP contribution < -0.4 is 10.6 Å². The summed E-state index contributed by atoms with van der Waals surface area (Å²) in [6, 6.07) is 3.72.